The van der Waals surface area contributed by atoms with Crippen LogP contribution in [0.5, 0.6) is 0 Å². The number of hydrazine groups is 1. The van der Waals surface area contributed by atoms with Crippen molar-refractivity contribution >= 4 is 23.2 Å². The van der Waals surface area contributed by atoms with Gasteiger partial charge in [0.1, 0.15) is 6.04 Å². The van der Waals surface area contributed by atoms with Crippen LogP contribution in [-0.2, 0) is 4.79 Å². The van der Waals surface area contributed by atoms with Crippen LogP contribution in [0, 0.1) is 0 Å². The summed E-state index contributed by atoms with van der Waals surface area (Å²) >= 11 is 6.15. The van der Waals surface area contributed by atoms with Crippen molar-refractivity contribution in [2.45, 2.75) is 51.6 Å². The lowest BCUT2D eigenvalue weighted by atomic mass is 9.79. The van der Waals surface area contributed by atoms with Crippen LogP contribution < -0.4 is 16.2 Å². The van der Waals surface area contributed by atoms with Gasteiger partial charge in [-0.25, -0.2) is 5.84 Å². The average Bonchev–Trinajstić information content (AvgIpc) is 2.35. The fourth-order valence-corrected chi connectivity index (χ4v) is 3.56. The summed E-state index contributed by atoms with van der Waals surface area (Å²) in [6.07, 6.45) is 0.976. The number of carbonyl (C=O) groups excluding carboxylic acids is 1. The van der Waals surface area contributed by atoms with Gasteiger partial charge >= 0.3 is 0 Å². The van der Waals surface area contributed by atoms with E-state index >= 15 is 0 Å². The summed E-state index contributed by atoms with van der Waals surface area (Å²) in [5.74, 6) is 5.53. The van der Waals surface area contributed by atoms with Crippen LogP contribution in [0.15, 0.2) is 18.2 Å². The second kappa shape index (κ2) is 5.26. The zero-order valence-electron chi connectivity index (χ0n) is 12.4. The Hall–Kier alpha value is -1.26. The Morgan fingerprint density at radius 3 is 2.80 bits per heavy atom. The molecule has 0 fully saturated rings. The Bertz CT molecular complexity index is 530. The van der Waals surface area contributed by atoms with Gasteiger partial charge in [0.15, 0.2) is 0 Å². The maximum atomic E-state index is 12.0. The normalized spacial score (nSPS) is 22.1. The third-order valence-electron chi connectivity index (χ3n) is 4.15. The number of rotatable bonds is 2. The molecule has 0 saturated carbocycles. The quantitative estimate of drug-likeness (QED) is 0.501. The zero-order valence-corrected chi connectivity index (χ0v) is 13.2. The number of nitrogens with zero attached hydrogens (tertiary/aromatic N) is 1. The van der Waals surface area contributed by atoms with Gasteiger partial charge in [-0.15, -0.1) is 0 Å². The Kier molecular flexibility index (Phi) is 3.98. The van der Waals surface area contributed by atoms with Gasteiger partial charge in [-0.05, 0) is 50.8 Å². The molecule has 0 unspecified atom stereocenters. The zero-order chi connectivity index (χ0) is 15.1. The first-order valence-corrected chi connectivity index (χ1v) is 7.25. The SMILES string of the molecule is C[C@H](C(=O)NN)N1c2cc(Cl)ccc2[C@@H](C)CC1(C)C. The molecule has 0 aliphatic carbocycles. The molecule has 110 valence electrons. The number of hydrogen-bond donors (Lipinski definition) is 2. The molecule has 0 radical (unpaired) electrons. The number of carbonyl (C=O) groups is 1. The molecule has 1 aliphatic rings. The summed E-state index contributed by atoms with van der Waals surface area (Å²) in [4.78, 5) is 14.1. The molecule has 1 aliphatic heterocycles. The lowest BCUT2D eigenvalue weighted by molar-refractivity contribution is -0.122. The molecule has 1 aromatic rings. The highest BCUT2D eigenvalue weighted by molar-refractivity contribution is 6.30. The highest BCUT2D eigenvalue weighted by Gasteiger charge is 2.40. The van der Waals surface area contributed by atoms with Crippen LogP contribution >= 0.6 is 11.6 Å². The second-order valence-electron chi connectivity index (χ2n) is 6.18. The first-order chi connectivity index (χ1) is 9.27. The number of nitrogens with one attached hydrogen (secondary N) is 1. The molecule has 0 bridgehead atoms. The summed E-state index contributed by atoms with van der Waals surface area (Å²) in [7, 11) is 0. The molecule has 1 amide bonds. The van der Waals surface area contributed by atoms with Crippen LogP contribution in [0.1, 0.15) is 45.6 Å². The molecular formula is C15H22ClN3O. The largest absolute Gasteiger partial charge is 0.354 e. The van der Waals surface area contributed by atoms with Crippen molar-refractivity contribution in [1.82, 2.24) is 5.43 Å². The molecule has 3 N–H and O–H groups in total. The number of amides is 1. The first kappa shape index (κ1) is 15.1. The van der Waals surface area contributed by atoms with Crippen molar-refractivity contribution in [3.05, 3.63) is 28.8 Å². The van der Waals surface area contributed by atoms with E-state index in [-0.39, 0.29) is 17.5 Å². The van der Waals surface area contributed by atoms with E-state index in [2.05, 4.69) is 37.2 Å². The molecule has 0 spiro atoms. The predicted octanol–water partition coefficient (Wildman–Crippen LogP) is 2.81. The smallest absolute Gasteiger partial charge is 0.256 e. The Labute approximate surface area is 125 Å². The lowest BCUT2D eigenvalue weighted by Gasteiger charge is -2.49. The maximum absolute atomic E-state index is 12.0. The molecule has 0 saturated heterocycles. The third kappa shape index (κ3) is 2.50. The molecule has 5 heteroatoms. The Balaban J connectivity index is 2.56. The number of hydrogen-bond acceptors (Lipinski definition) is 3. The van der Waals surface area contributed by atoms with Crippen molar-refractivity contribution < 1.29 is 4.79 Å². The number of anilines is 1. The van der Waals surface area contributed by atoms with Gasteiger partial charge < -0.3 is 4.90 Å². The molecule has 2 rings (SSSR count). The van der Waals surface area contributed by atoms with Gasteiger partial charge in [0.25, 0.3) is 5.91 Å². The van der Waals surface area contributed by atoms with Gasteiger partial charge in [-0.1, -0.05) is 24.6 Å². The van der Waals surface area contributed by atoms with E-state index in [1.165, 1.54) is 5.56 Å². The van der Waals surface area contributed by atoms with E-state index in [9.17, 15) is 4.79 Å². The van der Waals surface area contributed by atoms with Crippen LogP contribution in [0.4, 0.5) is 5.69 Å². The molecule has 20 heavy (non-hydrogen) atoms. The van der Waals surface area contributed by atoms with E-state index in [0.29, 0.717) is 10.9 Å². The van der Waals surface area contributed by atoms with E-state index in [1.807, 2.05) is 19.1 Å². The molecule has 1 aromatic carbocycles. The van der Waals surface area contributed by atoms with Gasteiger partial charge in [0.2, 0.25) is 0 Å². The van der Waals surface area contributed by atoms with Crippen molar-refractivity contribution in [1.29, 1.82) is 0 Å². The van der Waals surface area contributed by atoms with Crippen LogP contribution in [-0.4, -0.2) is 17.5 Å². The van der Waals surface area contributed by atoms with Crippen molar-refractivity contribution in [3.8, 4) is 0 Å². The van der Waals surface area contributed by atoms with E-state index < -0.39 is 0 Å². The fraction of sp³-hybridized carbons (Fsp3) is 0.533. The molecule has 1 heterocycles. The molecule has 0 aromatic heterocycles. The minimum atomic E-state index is -0.347. The first-order valence-electron chi connectivity index (χ1n) is 6.87. The van der Waals surface area contributed by atoms with Gasteiger partial charge in [0, 0.05) is 16.2 Å². The van der Waals surface area contributed by atoms with E-state index in [1.54, 1.807) is 0 Å². The minimum absolute atomic E-state index is 0.136. The van der Waals surface area contributed by atoms with Crippen molar-refractivity contribution in [2.24, 2.45) is 5.84 Å². The van der Waals surface area contributed by atoms with Gasteiger partial charge in [-0.2, -0.15) is 0 Å². The summed E-state index contributed by atoms with van der Waals surface area (Å²) in [6, 6.07) is 5.55. The molecule has 4 nitrogen and oxygen atoms in total. The number of benzene rings is 1. The van der Waals surface area contributed by atoms with Crippen LogP contribution in [0.3, 0.4) is 0 Å². The summed E-state index contributed by atoms with van der Waals surface area (Å²) in [5.41, 5.74) is 4.36. The standard InChI is InChI=1S/C15H22ClN3O/c1-9-8-15(3,4)19(10(2)14(20)18-17)13-7-11(16)5-6-12(9)13/h5-7,9-10H,8,17H2,1-4H3,(H,18,20)/t9-,10+/m0/s1. The van der Waals surface area contributed by atoms with Crippen molar-refractivity contribution in [2.75, 3.05) is 4.90 Å². The monoisotopic (exact) mass is 295 g/mol. The minimum Gasteiger partial charge on any atom is -0.354 e. The summed E-state index contributed by atoms with van der Waals surface area (Å²) < 4.78 is 0. The maximum Gasteiger partial charge on any atom is 0.256 e. The van der Waals surface area contributed by atoms with E-state index in [0.717, 1.165) is 12.1 Å². The van der Waals surface area contributed by atoms with E-state index in [4.69, 9.17) is 17.4 Å². The van der Waals surface area contributed by atoms with Crippen LogP contribution in [0.25, 0.3) is 0 Å². The highest BCUT2D eigenvalue weighted by atomic mass is 35.5. The van der Waals surface area contributed by atoms with Gasteiger partial charge in [0.05, 0.1) is 0 Å². The number of nitrogens with two attached hydrogens (primary N) is 1. The summed E-state index contributed by atoms with van der Waals surface area (Å²) in [6.45, 7) is 8.37. The lowest BCUT2D eigenvalue weighted by Crippen LogP contribution is -2.58. The third-order valence-corrected chi connectivity index (χ3v) is 4.38. The topological polar surface area (TPSA) is 58.4 Å². The van der Waals surface area contributed by atoms with Crippen LogP contribution in [0.2, 0.25) is 5.02 Å². The Morgan fingerprint density at radius 2 is 2.20 bits per heavy atom. The average molecular weight is 296 g/mol. The van der Waals surface area contributed by atoms with Crippen molar-refractivity contribution in [3.63, 3.8) is 0 Å². The fourth-order valence-electron chi connectivity index (χ4n) is 3.40. The number of halogens is 1. The number of fused-ring (bicyclic) bond motifs is 1. The Morgan fingerprint density at radius 1 is 1.55 bits per heavy atom. The highest BCUT2D eigenvalue weighted by Crippen LogP contribution is 2.45. The second-order valence-corrected chi connectivity index (χ2v) is 6.61. The summed E-state index contributed by atoms with van der Waals surface area (Å²) in [5, 5.41) is 0.680. The molecular weight excluding hydrogens is 274 g/mol. The molecule has 2 atom stereocenters. The van der Waals surface area contributed by atoms with Gasteiger partial charge in [-0.3, -0.25) is 10.2 Å². The predicted molar refractivity (Wildman–Crippen MR) is 82.8 cm³/mol.